The molecule has 0 saturated carbocycles. The van der Waals surface area contributed by atoms with Crippen LogP contribution in [0.25, 0.3) is 0 Å². The quantitative estimate of drug-likeness (QED) is 0.498. The van der Waals surface area contributed by atoms with Gasteiger partial charge in [0.2, 0.25) is 0 Å². The molecule has 18 heavy (non-hydrogen) atoms. The highest BCUT2D eigenvalue weighted by molar-refractivity contribution is 5.13. The molecule has 1 aromatic carbocycles. The highest BCUT2D eigenvalue weighted by atomic mass is 16.7. The van der Waals surface area contributed by atoms with Gasteiger partial charge in [0.1, 0.15) is 0 Å². The molecule has 0 aromatic heterocycles. The second-order valence-electron chi connectivity index (χ2n) is 3.88. The van der Waals surface area contributed by atoms with Gasteiger partial charge < -0.3 is 14.2 Å². The van der Waals surface area contributed by atoms with E-state index in [1.54, 1.807) is 0 Å². The van der Waals surface area contributed by atoms with Gasteiger partial charge in [-0.1, -0.05) is 36.9 Å². The van der Waals surface area contributed by atoms with Crippen molar-refractivity contribution in [3.8, 4) is 0 Å². The molecule has 0 aliphatic carbocycles. The van der Waals surface area contributed by atoms with Crippen LogP contribution in [0.5, 0.6) is 0 Å². The van der Waals surface area contributed by atoms with Gasteiger partial charge >= 0.3 is 0 Å². The van der Waals surface area contributed by atoms with E-state index < -0.39 is 0 Å². The van der Waals surface area contributed by atoms with Crippen molar-refractivity contribution in [3.05, 3.63) is 48.0 Å². The summed E-state index contributed by atoms with van der Waals surface area (Å²) >= 11 is 0. The van der Waals surface area contributed by atoms with Crippen molar-refractivity contribution in [1.82, 2.24) is 0 Å². The van der Waals surface area contributed by atoms with E-state index >= 15 is 0 Å². The Morgan fingerprint density at radius 1 is 1.11 bits per heavy atom. The lowest BCUT2D eigenvalue weighted by Crippen LogP contribution is -2.22. The number of benzene rings is 1. The van der Waals surface area contributed by atoms with Gasteiger partial charge in [0.15, 0.2) is 6.29 Å². The normalized spacial score (nSPS) is 10.8. The molecule has 1 aromatic rings. The lowest BCUT2D eigenvalue weighted by Gasteiger charge is -2.19. The van der Waals surface area contributed by atoms with E-state index in [4.69, 9.17) is 14.2 Å². The highest BCUT2D eigenvalue weighted by Crippen LogP contribution is 2.09. The predicted octanol–water partition coefficient (Wildman–Crippen LogP) is 3.16. The summed E-state index contributed by atoms with van der Waals surface area (Å²) in [7, 11) is 0. The van der Waals surface area contributed by atoms with Gasteiger partial charge in [-0.05, 0) is 19.4 Å². The molecule has 0 aliphatic rings. The second kappa shape index (κ2) is 8.86. The van der Waals surface area contributed by atoms with E-state index in [9.17, 15) is 0 Å². The van der Waals surface area contributed by atoms with Crippen LogP contribution in [-0.4, -0.2) is 26.1 Å². The summed E-state index contributed by atoms with van der Waals surface area (Å²) in [4.78, 5) is 0. The highest BCUT2D eigenvalue weighted by Gasteiger charge is 2.12. The summed E-state index contributed by atoms with van der Waals surface area (Å²) in [6, 6.07) is 10.0. The van der Waals surface area contributed by atoms with Crippen LogP contribution in [0.2, 0.25) is 0 Å². The Morgan fingerprint density at radius 3 is 2.28 bits per heavy atom. The first-order valence-corrected chi connectivity index (χ1v) is 6.30. The Morgan fingerprint density at radius 2 is 1.72 bits per heavy atom. The first-order chi connectivity index (χ1) is 8.77. The van der Waals surface area contributed by atoms with Crippen LogP contribution in [-0.2, 0) is 20.8 Å². The summed E-state index contributed by atoms with van der Waals surface area (Å²) in [6.45, 7) is 10.0. The molecule has 0 atom stereocenters. The molecule has 0 bridgehead atoms. The van der Waals surface area contributed by atoms with Gasteiger partial charge in [0.25, 0.3) is 0 Å². The van der Waals surface area contributed by atoms with Crippen LogP contribution in [0, 0.1) is 0 Å². The number of hydrogen-bond acceptors (Lipinski definition) is 3. The molecule has 1 rings (SSSR count). The third-order valence-electron chi connectivity index (χ3n) is 2.37. The zero-order chi connectivity index (χ0) is 13.2. The zero-order valence-electron chi connectivity index (χ0n) is 11.2. The molecule has 0 fully saturated rings. The zero-order valence-corrected chi connectivity index (χ0v) is 11.2. The van der Waals surface area contributed by atoms with Crippen LogP contribution in [0.15, 0.2) is 42.5 Å². The fourth-order valence-corrected chi connectivity index (χ4v) is 1.53. The minimum absolute atomic E-state index is 0.365. The Kier molecular flexibility index (Phi) is 7.34. The second-order valence-corrected chi connectivity index (χ2v) is 3.88. The van der Waals surface area contributed by atoms with E-state index in [-0.39, 0.29) is 6.29 Å². The largest absolute Gasteiger partial charge is 0.372 e. The van der Waals surface area contributed by atoms with Crippen molar-refractivity contribution in [3.63, 3.8) is 0 Å². The molecule has 0 unspecified atom stereocenters. The van der Waals surface area contributed by atoms with Crippen LogP contribution in [0.1, 0.15) is 19.4 Å². The van der Waals surface area contributed by atoms with Crippen molar-refractivity contribution in [1.29, 1.82) is 0 Å². The molecule has 0 radical (unpaired) electrons. The summed E-state index contributed by atoms with van der Waals surface area (Å²) in [5.74, 6) is 0. The molecule has 0 N–H and O–H groups in total. The van der Waals surface area contributed by atoms with Crippen molar-refractivity contribution in [2.45, 2.75) is 26.7 Å². The summed E-state index contributed by atoms with van der Waals surface area (Å²) in [5, 5.41) is 0. The van der Waals surface area contributed by atoms with E-state index in [0.717, 1.165) is 11.1 Å². The molecule has 3 nitrogen and oxygen atoms in total. The molecule has 0 spiro atoms. The Balaban J connectivity index is 2.30. The van der Waals surface area contributed by atoms with E-state index in [1.165, 1.54) is 0 Å². The van der Waals surface area contributed by atoms with Crippen LogP contribution < -0.4 is 0 Å². The van der Waals surface area contributed by atoms with Gasteiger partial charge in [-0.15, -0.1) is 0 Å². The molecule has 0 heterocycles. The maximum atomic E-state index is 5.60. The third kappa shape index (κ3) is 5.45. The van der Waals surface area contributed by atoms with Crippen molar-refractivity contribution in [2.24, 2.45) is 0 Å². The van der Waals surface area contributed by atoms with Crippen LogP contribution in [0.3, 0.4) is 0 Å². The Labute approximate surface area is 109 Å². The van der Waals surface area contributed by atoms with Crippen molar-refractivity contribution >= 4 is 0 Å². The molecular weight excluding hydrogens is 228 g/mol. The first-order valence-electron chi connectivity index (χ1n) is 6.30. The summed E-state index contributed by atoms with van der Waals surface area (Å²) in [6.07, 6.45) is -0.365. The first kappa shape index (κ1) is 14.9. The monoisotopic (exact) mass is 250 g/mol. The van der Waals surface area contributed by atoms with Gasteiger partial charge in [-0.3, -0.25) is 0 Å². The third-order valence-corrected chi connectivity index (χ3v) is 2.37. The molecule has 0 amide bonds. The van der Waals surface area contributed by atoms with Crippen LogP contribution >= 0.6 is 0 Å². The Hall–Kier alpha value is -1.16. The summed E-state index contributed by atoms with van der Waals surface area (Å²) < 4.78 is 16.5. The predicted molar refractivity (Wildman–Crippen MR) is 72.3 cm³/mol. The maximum absolute atomic E-state index is 5.60. The van der Waals surface area contributed by atoms with Gasteiger partial charge in [-0.25, -0.2) is 0 Å². The number of rotatable bonds is 9. The molecule has 3 heteroatoms. The Bertz CT molecular complexity index is 329. The van der Waals surface area contributed by atoms with Gasteiger partial charge in [0, 0.05) is 18.8 Å². The molecule has 0 aliphatic heterocycles. The average Bonchev–Trinajstić information content (AvgIpc) is 2.39. The van der Waals surface area contributed by atoms with Gasteiger partial charge in [-0.2, -0.15) is 0 Å². The minimum atomic E-state index is -0.365. The molecule has 100 valence electrons. The standard InChI is InChI=1S/C15H22O3/c1-4-17-15(18-5-2)13(3)11-16-12-14-9-7-6-8-10-14/h6-10,15H,3-5,11-12H2,1-2H3. The lowest BCUT2D eigenvalue weighted by molar-refractivity contribution is -0.116. The maximum Gasteiger partial charge on any atom is 0.181 e. The number of hydrogen-bond donors (Lipinski definition) is 0. The van der Waals surface area contributed by atoms with Crippen molar-refractivity contribution in [2.75, 3.05) is 19.8 Å². The number of ether oxygens (including phenoxy) is 3. The topological polar surface area (TPSA) is 27.7 Å². The average molecular weight is 250 g/mol. The lowest BCUT2D eigenvalue weighted by atomic mass is 10.2. The van der Waals surface area contributed by atoms with E-state index in [0.29, 0.717) is 26.4 Å². The smallest absolute Gasteiger partial charge is 0.181 e. The fraction of sp³-hybridized carbons (Fsp3) is 0.467. The van der Waals surface area contributed by atoms with E-state index in [1.807, 2.05) is 44.2 Å². The molecule has 0 saturated heterocycles. The van der Waals surface area contributed by atoms with Crippen LogP contribution in [0.4, 0.5) is 0 Å². The summed E-state index contributed by atoms with van der Waals surface area (Å²) in [5.41, 5.74) is 1.96. The van der Waals surface area contributed by atoms with Crippen molar-refractivity contribution < 1.29 is 14.2 Å². The SMILES string of the molecule is C=C(COCc1ccccc1)C(OCC)OCC. The fourth-order valence-electron chi connectivity index (χ4n) is 1.53. The molecular formula is C15H22O3. The van der Waals surface area contributed by atoms with Gasteiger partial charge in [0.05, 0.1) is 13.2 Å². The van der Waals surface area contributed by atoms with E-state index in [2.05, 4.69) is 6.58 Å². The minimum Gasteiger partial charge on any atom is -0.372 e.